The van der Waals surface area contributed by atoms with Crippen molar-refractivity contribution < 1.29 is 23.9 Å². The summed E-state index contributed by atoms with van der Waals surface area (Å²) in [6, 6.07) is 38.7. The molecular formula is C81H70Br2Cl7N17O5S4Si. The van der Waals surface area contributed by atoms with E-state index in [0.717, 1.165) is 77.0 Å². The number of aromatic nitrogens is 14. The Labute approximate surface area is 741 Å². The van der Waals surface area contributed by atoms with Crippen LogP contribution >= 0.6 is 158 Å². The number of aliphatic hydroxyl groups excluding tert-OH is 1. The Bertz CT molecular complexity index is 6090. The van der Waals surface area contributed by atoms with Gasteiger partial charge in [-0.1, -0.05) is 147 Å². The molecule has 0 bridgehead atoms. The third-order valence-electron chi connectivity index (χ3n) is 18.4. The van der Waals surface area contributed by atoms with Gasteiger partial charge in [0.05, 0.1) is 35.3 Å². The number of anilines is 3. The smallest absolute Gasteiger partial charge is 0.264 e. The van der Waals surface area contributed by atoms with Gasteiger partial charge >= 0.3 is 0 Å². The Morgan fingerprint density at radius 3 is 1.29 bits per heavy atom. The second-order valence-electron chi connectivity index (χ2n) is 26.9. The molecule has 0 aliphatic heterocycles. The summed E-state index contributed by atoms with van der Waals surface area (Å²) >= 11 is 54.0. The van der Waals surface area contributed by atoms with Crippen molar-refractivity contribution in [1.29, 1.82) is 0 Å². The summed E-state index contributed by atoms with van der Waals surface area (Å²) in [5.74, 6) is -0.860. The van der Waals surface area contributed by atoms with Crippen molar-refractivity contribution in [2.75, 3.05) is 48.0 Å². The molecule has 2 amide bonds. The number of fused-ring (bicyclic) bond motifs is 5. The van der Waals surface area contributed by atoms with Crippen LogP contribution in [0.25, 0.3) is 70.2 Å². The molecule has 17 rings (SSSR count). The van der Waals surface area contributed by atoms with Crippen molar-refractivity contribution in [1.82, 2.24) is 68.1 Å². The third kappa shape index (κ3) is 21.5. The Hall–Kier alpha value is -8.70. The zero-order valence-corrected chi connectivity index (χ0v) is 75.7. The fraction of sp³-hybridized carbons (Fsp3) is 0.173. The van der Waals surface area contributed by atoms with Crippen molar-refractivity contribution in [3.8, 4) is 20.5 Å². The Morgan fingerprint density at radius 2 is 0.897 bits per heavy atom. The number of benzene rings is 5. The molecule has 0 fully saturated rings. The maximum Gasteiger partial charge on any atom is 0.264 e. The highest BCUT2D eigenvalue weighted by atomic mass is 79.9. The van der Waals surface area contributed by atoms with Gasteiger partial charge in [0.2, 0.25) is 0 Å². The molecule has 0 spiro atoms. The van der Waals surface area contributed by atoms with Gasteiger partial charge in [0.15, 0.2) is 28.8 Å². The van der Waals surface area contributed by atoms with Gasteiger partial charge < -0.3 is 24.6 Å². The second-order valence-corrected chi connectivity index (χ2v) is 39.5. The van der Waals surface area contributed by atoms with Crippen molar-refractivity contribution in [3.63, 3.8) is 0 Å². The van der Waals surface area contributed by atoms with E-state index in [1.54, 1.807) is 57.4 Å². The van der Waals surface area contributed by atoms with E-state index in [1.807, 2.05) is 104 Å². The molecule has 22 nitrogen and oxygen atoms in total. The molecule has 1 aliphatic carbocycles. The number of hydrogen-bond acceptors (Lipinski definition) is 20. The fourth-order valence-electron chi connectivity index (χ4n) is 11.7. The van der Waals surface area contributed by atoms with E-state index in [4.69, 9.17) is 85.6 Å². The highest BCUT2D eigenvalue weighted by Gasteiger charge is 2.38. The monoisotopic (exact) mass is 1920 g/mol. The lowest BCUT2D eigenvalue weighted by molar-refractivity contribution is 0.0973. The molecule has 2 N–H and O–H groups in total. The number of nitrogens with zero attached hydrogens (tertiary/aromatic N) is 16. The van der Waals surface area contributed by atoms with Crippen LogP contribution in [0.15, 0.2) is 220 Å². The van der Waals surface area contributed by atoms with E-state index in [0.29, 0.717) is 24.5 Å². The number of rotatable bonds is 18. The lowest BCUT2D eigenvalue weighted by Gasteiger charge is -2.37. The number of allylic oxidation sites excluding steroid dienone is 1. The summed E-state index contributed by atoms with van der Waals surface area (Å²) in [7, 11) is -2.00. The van der Waals surface area contributed by atoms with Crippen molar-refractivity contribution in [2.24, 2.45) is 0 Å². The summed E-state index contributed by atoms with van der Waals surface area (Å²) < 4.78 is 16.9. The normalized spacial score (nSPS) is 11.5. The van der Waals surface area contributed by atoms with E-state index < -0.39 is 19.5 Å². The molecule has 11 heterocycles. The number of halogens is 9. The van der Waals surface area contributed by atoms with Gasteiger partial charge in [0.1, 0.15) is 66.6 Å². The van der Waals surface area contributed by atoms with Crippen LogP contribution in [-0.4, -0.2) is 131 Å². The summed E-state index contributed by atoms with van der Waals surface area (Å²) in [6.07, 6.45) is 25.4. The summed E-state index contributed by atoms with van der Waals surface area (Å²) in [4.78, 5) is 80.4. The van der Waals surface area contributed by atoms with Crippen LogP contribution < -0.4 is 15.1 Å². The van der Waals surface area contributed by atoms with E-state index >= 15 is 0 Å². The van der Waals surface area contributed by atoms with Crippen LogP contribution in [0, 0.1) is 0 Å². The fourth-order valence-corrected chi connectivity index (χ4v) is 17.7. The number of carbonyl (C=O) groups excluding carboxylic acids is 3. The minimum absolute atomic E-state index is 0.000244. The predicted molar refractivity (Wildman–Crippen MR) is 489 cm³/mol. The van der Waals surface area contributed by atoms with Gasteiger partial charge in [0.25, 0.3) is 17.1 Å². The molecule has 5 aromatic carbocycles. The minimum Gasteiger partial charge on any atom is -0.415 e. The van der Waals surface area contributed by atoms with Crippen LogP contribution in [0.3, 0.4) is 0 Å². The Balaban J connectivity index is 0.000000137. The molecular weight excluding hydrogens is 1860 g/mol. The molecule has 16 aromatic rings. The highest BCUT2D eigenvalue weighted by Crippen LogP contribution is 2.38. The number of nitrogens with one attached hydrogen (secondary N) is 1. The molecule has 0 atom stereocenters. The molecule has 600 valence electrons. The number of amides is 2. The van der Waals surface area contributed by atoms with Gasteiger partial charge in [0, 0.05) is 138 Å². The predicted octanol–water partition coefficient (Wildman–Crippen LogP) is 23.6. The molecule has 36 heteroatoms. The van der Waals surface area contributed by atoms with Crippen LogP contribution in [0.1, 0.15) is 76.3 Å². The first-order chi connectivity index (χ1) is 56.3. The maximum absolute atomic E-state index is 13.7. The lowest BCUT2D eigenvalue weighted by atomic mass is 10.1. The average Bonchev–Trinajstić information content (AvgIpc) is 1.72. The average molecular weight is 1930 g/mol. The first-order valence-electron chi connectivity index (χ1n) is 35.8. The summed E-state index contributed by atoms with van der Waals surface area (Å²) in [5.41, 5.74) is 9.62. The molecule has 11 aromatic heterocycles. The number of hydrogen-bond donors (Lipinski definition) is 2. The Kier molecular flexibility index (Phi) is 30.2. The van der Waals surface area contributed by atoms with Crippen LogP contribution in [-0.2, 0) is 10.8 Å². The third-order valence-corrected chi connectivity index (χ3v) is 28.9. The van der Waals surface area contributed by atoms with E-state index in [2.05, 4.69) is 222 Å². The zero-order valence-electron chi connectivity index (χ0n) is 63.0. The molecule has 117 heavy (non-hydrogen) atoms. The van der Waals surface area contributed by atoms with Gasteiger partial charge in [-0.3, -0.25) is 32.7 Å². The number of thiazole rings is 4. The largest absolute Gasteiger partial charge is 0.415 e. The van der Waals surface area contributed by atoms with Crippen LogP contribution in [0.5, 0.6) is 0 Å². The molecule has 0 saturated heterocycles. The maximum atomic E-state index is 13.7. The lowest BCUT2D eigenvalue weighted by Crippen LogP contribution is -2.43. The number of carbonyl (C=O) groups is 3. The summed E-state index contributed by atoms with van der Waals surface area (Å²) in [5, 5.41) is 28.0. The SMILES string of the molecule is Brc1ccc2c(c1)C=CC2.Brc1ccc2c(ccn2-c2nccs2)c1.CC(C)(C)[Si](C)(C)OCCN(C(=O)c1c(Cl)ncnc1Cl)c1ccc2c(ccn2-c2nccs2)c1.CCCNc1ccc2c(ccn2-c2nccs2)c1.O=C(Cl)c1c(Cl)ncnc1Cl.O=C(c1c(Cl)ncnc1Cl)N(CCO)c1ccc2c(ccn2-c2nccs2)c1. The zero-order chi connectivity index (χ0) is 83.1. The first-order valence-corrected chi connectivity index (χ1v) is 46.4. The van der Waals surface area contributed by atoms with Crippen LogP contribution in [0.2, 0.25) is 49.1 Å². The van der Waals surface area contributed by atoms with Gasteiger partial charge in [-0.15, -0.1) is 45.3 Å². The summed E-state index contributed by atoms with van der Waals surface area (Å²) in [6.45, 7) is 14.7. The van der Waals surface area contributed by atoms with E-state index in [-0.39, 0.29) is 71.7 Å². The minimum atomic E-state index is -2.00. The van der Waals surface area contributed by atoms with Gasteiger partial charge in [-0.2, -0.15) is 0 Å². The Morgan fingerprint density at radius 1 is 0.513 bits per heavy atom. The molecule has 0 unspecified atom stereocenters. The quantitative estimate of drug-likeness (QED) is 0.0460. The van der Waals surface area contributed by atoms with Gasteiger partial charge in [-0.05, 0) is 163 Å². The van der Waals surface area contributed by atoms with E-state index in [9.17, 15) is 19.5 Å². The standard InChI is InChI=1S/C24H27Cl2N5O2SSi.C18H13Cl2N5O2S.C14H15N3S.C11H7BrN2S.C9H7Br.C5HCl3N2O/c1-24(2,3)35(4,5)33-12-11-30(22(32)19-20(25)28-15-29-21(19)26)17-6-7-18-16(14-17)8-10-31(18)23-27-9-13-34-23;19-15-14(16(20)23-10-22-15)17(27)24(6-7-26)12-1-2-13-11(9-12)3-5-25(13)18-21-4-8-28-18;1-2-6-15-12-3-4-13-11(10-12)5-8-17(13)14-16-7-9-18-14;12-9-1-2-10-8(7-9)3-5-14(10)11-13-4-6-15-11;10-9-5-4-7-2-1-3-8(7)6-9;6-3-2(5(8)11)4(7)10-1-9-3/h6-10,13-15H,11-12H2,1-5H3;1-5,8-10,26H,6-7H2;3-5,7-10,15H,2,6H2,1H3;1-7H;1,3-6H,2H2;1H. The van der Waals surface area contributed by atoms with Crippen molar-refractivity contribution in [2.45, 2.75) is 58.7 Å². The molecule has 1 aliphatic rings. The highest BCUT2D eigenvalue weighted by molar-refractivity contribution is 9.10. The van der Waals surface area contributed by atoms with Crippen LogP contribution in [0.4, 0.5) is 17.1 Å². The van der Waals surface area contributed by atoms with Crippen molar-refractivity contribution >= 4 is 251 Å². The topological polar surface area (TPSA) is 248 Å². The van der Waals surface area contributed by atoms with Crippen molar-refractivity contribution in [3.05, 3.63) is 279 Å². The molecule has 0 radical (unpaired) electrons. The van der Waals surface area contributed by atoms with Gasteiger partial charge in [-0.25, -0.2) is 49.8 Å². The second kappa shape index (κ2) is 40.4. The van der Waals surface area contributed by atoms with E-state index in [1.165, 1.54) is 67.5 Å². The molecule has 0 saturated carbocycles. The number of aliphatic hydroxyl groups is 1. The first kappa shape index (κ1) is 87.6.